The van der Waals surface area contributed by atoms with Gasteiger partial charge < -0.3 is 19.1 Å². The van der Waals surface area contributed by atoms with E-state index < -0.39 is 32.9 Å². The number of hydrogen-bond donors (Lipinski definition) is 0. The van der Waals surface area contributed by atoms with Crippen molar-refractivity contribution in [3.8, 4) is 0 Å². The van der Waals surface area contributed by atoms with Crippen LogP contribution in [0.1, 0.15) is 33.4 Å². The zero-order chi connectivity index (χ0) is 32.1. The molecule has 0 atom stereocenters. The van der Waals surface area contributed by atoms with Gasteiger partial charge in [-0.2, -0.15) is 0 Å². The van der Waals surface area contributed by atoms with Crippen molar-refractivity contribution in [3.63, 3.8) is 0 Å². The van der Waals surface area contributed by atoms with Crippen molar-refractivity contribution in [2.24, 2.45) is 0 Å². The third-order valence-electron chi connectivity index (χ3n) is 5.77. The van der Waals surface area contributed by atoms with E-state index >= 15 is 0 Å². The molecular weight excluding hydrogens is 738 g/mol. The Bertz CT molecular complexity index is 1020. The standard InChI is InChI=1S/C21H25N2.2C6H18NSi2.Yb/c1-14-9-16(3)20(17(4)10-14)22-7-8-23(13-22)21-18(5)11-15(2)12-19(21)6;2*1-8(2,3)7-9(4,5)6;/h7-13H,1-6H3;2*1-6H3;/q3*-1;+3. The van der Waals surface area contributed by atoms with Crippen LogP contribution < -0.4 is 9.80 Å². The molecule has 0 saturated carbocycles. The van der Waals surface area contributed by atoms with Crippen LogP contribution in [0.3, 0.4) is 0 Å². The predicted molar refractivity (Wildman–Crippen MR) is 200 cm³/mol. The summed E-state index contributed by atoms with van der Waals surface area (Å²) in [4.78, 5) is 4.45. The number of benzene rings is 2. The molecular formula is C33H61N4Si4Yb. The molecule has 0 fully saturated rings. The fraction of sp³-hybridized carbons (Fsp3) is 0.545. The van der Waals surface area contributed by atoms with Crippen molar-refractivity contribution in [2.45, 2.75) is 120 Å². The molecule has 0 amide bonds. The fourth-order valence-corrected chi connectivity index (χ4v) is 21.9. The van der Waals surface area contributed by atoms with Crippen LogP contribution in [0, 0.1) is 95.1 Å². The normalized spacial score (nSPS) is 13.7. The molecule has 1 heterocycles. The second kappa shape index (κ2) is 16.6. The second-order valence-corrected chi connectivity index (χ2v) is 34.8. The van der Waals surface area contributed by atoms with Crippen LogP contribution in [0.4, 0.5) is 11.4 Å². The van der Waals surface area contributed by atoms with Crippen molar-refractivity contribution in [3.05, 3.63) is 86.0 Å². The Morgan fingerprint density at radius 2 is 0.667 bits per heavy atom. The van der Waals surface area contributed by atoms with Crippen LogP contribution in [0.5, 0.6) is 0 Å². The zero-order valence-electron chi connectivity index (χ0n) is 30.1. The van der Waals surface area contributed by atoms with Gasteiger partial charge in [-0.1, -0.05) is 147 Å². The summed E-state index contributed by atoms with van der Waals surface area (Å²) in [5, 5.41) is 0. The Morgan fingerprint density at radius 3 is 0.833 bits per heavy atom. The molecule has 3 rings (SSSR count). The van der Waals surface area contributed by atoms with Gasteiger partial charge in [0, 0.05) is 11.4 Å². The van der Waals surface area contributed by atoms with Gasteiger partial charge in [-0.05, 0) is 76.2 Å². The summed E-state index contributed by atoms with van der Waals surface area (Å²) >= 11 is 0. The summed E-state index contributed by atoms with van der Waals surface area (Å²) in [7, 11) is -4.42. The van der Waals surface area contributed by atoms with E-state index in [2.05, 4.69) is 173 Å². The van der Waals surface area contributed by atoms with E-state index in [1.165, 1.54) is 44.8 Å². The van der Waals surface area contributed by atoms with Crippen LogP contribution in [-0.2, 0) is 0 Å². The molecule has 1 aliphatic heterocycles. The van der Waals surface area contributed by atoms with E-state index in [1.54, 1.807) is 0 Å². The van der Waals surface area contributed by atoms with Gasteiger partial charge in [0.2, 0.25) is 0 Å². The Balaban J connectivity index is 0.000000738. The molecule has 0 saturated heterocycles. The van der Waals surface area contributed by atoms with E-state index in [-0.39, 0.29) is 46.9 Å². The molecule has 9 heteroatoms. The molecule has 2 aromatic carbocycles. The van der Waals surface area contributed by atoms with Crippen LogP contribution in [-0.4, -0.2) is 32.9 Å². The first kappa shape index (κ1) is 42.1. The van der Waals surface area contributed by atoms with Crippen molar-refractivity contribution >= 4 is 44.3 Å². The number of anilines is 2. The second-order valence-electron chi connectivity index (χ2n) is 15.6. The quantitative estimate of drug-likeness (QED) is 0.215. The molecule has 0 spiro atoms. The van der Waals surface area contributed by atoms with E-state index in [4.69, 9.17) is 9.30 Å². The molecule has 1 radical (unpaired) electrons. The SMILES string of the molecule is C[Si](C)(C)[N-][Si](C)(C)C.C[Si](C)(C)[N-][Si](C)(C)C.Cc1cc(C)c(N2C=CN(c3c(C)cc(C)cc3C)[CH-]2)c(C)c1.[Yb+3]. The molecule has 0 aliphatic carbocycles. The molecule has 0 bridgehead atoms. The molecule has 1 aliphatic rings. The molecule has 243 valence electrons. The minimum Gasteiger partial charge on any atom is -0.668 e. The average Bonchev–Trinajstić information content (AvgIpc) is 3.10. The van der Waals surface area contributed by atoms with Gasteiger partial charge in [0.25, 0.3) is 0 Å². The maximum Gasteiger partial charge on any atom is 3.00 e. The van der Waals surface area contributed by atoms with Crippen LogP contribution in [0.15, 0.2) is 36.7 Å². The van der Waals surface area contributed by atoms with E-state index in [0.29, 0.717) is 0 Å². The van der Waals surface area contributed by atoms with Gasteiger partial charge in [-0.25, -0.2) is 0 Å². The summed E-state index contributed by atoms with van der Waals surface area (Å²) < 4.78 is 9.64. The molecule has 42 heavy (non-hydrogen) atoms. The van der Waals surface area contributed by atoms with Crippen LogP contribution >= 0.6 is 0 Å². The minimum atomic E-state index is -1.11. The van der Waals surface area contributed by atoms with Crippen molar-refractivity contribution in [2.75, 3.05) is 9.80 Å². The Kier molecular flexibility index (Phi) is 16.6. The number of rotatable bonds is 6. The first-order valence-electron chi connectivity index (χ1n) is 15.0. The summed E-state index contributed by atoms with van der Waals surface area (Å²) in [6.45, 7) is 42.8. The topological polar surface area (TPSA) is 34.7 Å². The van der Waals surface area contributed by atoms with Crippen molar-refractivity contribution < 1.29 is 46.9 Å². The van der Waals surface area contributed by atoms with Gasteiger partial charge in [0.1, 0.15) is 0 Å². The molecule has 0 aromatic heterocycles. The van der Waals surface area contributed by atoms with E-state index in [9.17, 15) is 0 Å². The van der Waals surface area contributed by atoms with Crippen LogP contribution in [0.25, 0.3) is 9.30 Å². The van der Waals surface area contributed by atoms with Crippen molar-refractivity contribution in [1.29, 1.82) is 0 Å². The van der Waals surface area contributed by atoms with Gasteiger partial charge in [0.05, 0.1) is 0 Å². The number of hydrogen-bond acceptors (Lipinski definition) is 2. The Hall–Kier alpha value is 0.0870. The van der Waals surface area contributed by atoms with Crippen LogP contribution in [0.2, 0.25) is 78.6 Å². The maximum absolute atomic E-state index is 4.82. The monoisotopic (exact) mass is 799 g/mol. The Morgan fingerprint density at radius 1 is 0.452 bits per heavy atom. The summed E-state index contributed by atoms with van der Waals surface area (Å²) in [5.74, 6) is 0. The fourth-order valence-electron chi connectivity index (χ4n) is 5.79. The summed E-state index contributed by atoms with van der Waals surface area (Å²) in [6.07, 6.45) is 4.28. The van der Waals surface area contributed by atoms with Crippen molar-refractivity contribution in [1.82, 2.24) is 0 Å². The summed E-state index contributed by atoms with van der Waals surface area (Å²) in [5.41, 5.74) is 10.4. The molecule has 0 N–H and O–H groups in total. The van der Waals surface area contributed by atoms with Gasteiger partial charge in [-0.15, -0.1) is 6.67 Å². The smallest absolute Gasteiger partial charge is 0.668 e. The largest absolute Gasteiger partial charge is 3.00 e. The molecule has 0 unspecified atom stereocenters. The number of nitrogens with zero attached hydrogens (tertiary/aromatic N) is 4. The summed E-state index contributed by atoms with van der Waals surface area (Å²) in [6, 6.07) is 8.98. The van der Waals surface area contributed by atoms with Gasteiger partial charge >= 0.3 is 46.9 Å². The number of aryl methyl sites for hydroxylation is 6. The molecule has 2 aromatic rings. The third kappa shape index (κ3) is 16.4. The molecule has 4 nitrogen and oxygen atoms in total. The first-order valence-corrected chi connectivity index (χ1v) is 28.8. The first-order chi connectivity index (χ1) is 18.3. The third-order valence-corrected chi connectivity index (χ3v) is 16.5. The predicted octanol–water partition coefficient (Wildman–Crippen LogP) is 11.5. The zero-order valence-corrected chi connectivity index (χ0v) is 35.8. The Labute approximate surface area is 304 Å². The van der Waals surface area contributed by atoms with E-state index in [0.717, 1.165) is 0 Å². The maximum atomic E-state index is 4.82. The average molecular weight is 799 g/mol. The van der Waals surface area contributed by atoms with Gasteiger partial charge in [0.15, 0.2) is 0 Å². The van der Waals surface area contributed by atoms with E-state index in [1.807, 2.05) is 0 Å². The van der Waals surface area contributed by atoms with Gasteiger partial charge in [-0.3, -0.25) is 0 Å². The minimum absolute atomic E-state index is 0.